The third kappa shape index (κ3) is 3.48. The van der Waals surface area contributed by atoms with Crippen molar-refractivity contribution in [2.75, 3.05) is 44.2 Å². The number of amides is 2. The summed E-state index contributed by atoms with van der Waals surface area (Å²) in [6.45, 7) is 6.56. The summed E-state index contributed by atoms with van der Waals surface area (Å²) in [7, 11) is 1.95. The molecule has 8 heteroatoms. The molecule has 1 atom stereocenters. The minimum absolute atomic E-state index is 0.190. The maximum Gasteiger partial charge on any atom is 0.235 e. The number of nitrogens with one attached hydrogen (secondary N) is 2. The number of aromatic nitrogens is 2. The van der Waals surface area contributed by atoms with Crippen LogP contribution < -0.4 is 15.5 Å². The van der Waals surface area contributed by atoms with Crippen LogP contribution in [0.4, 0.5) is 5.69 Å². The first-order chi connectivity index (χ1) is 14.6. The normalized spacial score (nSPS) is 24.4. The van der Waals surface area contributed by atoms with E-state index in [9.17, 15) is 9.59 Å². The van der Waals surface area contributed by atoms with E-state index in [2.05, 4.69) is 38.6 Å². The van der Waals surface area contributed by atoms with Crippen molar-refractivity contribution >= 4 is 28.4 Å². The number of carbonyl (C=O) groups excluding carboxylic acids is 2. The Labute approximate surface area is 176 Å². The van der Waals surface area contributed by atoms with Crippen molar-refractivity contribution < 1.29 is 9.59 Å². The highest BCUT2D eigenvalue weighted by molar-refractivity contribution is 6.03. The van der Waals surface area contributed by atoms with E-state index in [0.717, 1.165) is 55.9 Å². The van der Waals surface area contributed by atoms with Gasteiger partial charge in [0.1, 0.15) is 0 Å². The first-order valence-electron chi connectivity index (χ1n) is 11.1. The fourth-order valence-electron chi connectivity index (χ4n) is 5.33. The quantitative estimate of drug-likeness (QED) is 0.734. The lowest BCUT2D eigenvalue weighted by atomic mass is 9.92. The van der Waals surface area contributed by atoms with Gasteiger partial charge in [0.2, 0.25) is 11.8 Å². The summed E-state index contributed by atoms with van der Waals surface area (Å²) in [6.07, 6.45) is 3.24. The minimum atomic E-state index is -0.361. The molecular formula is C22H30N6O2. The number of anilines is 1. The summed E-state index contributed by atoms with van der Waals surface area (Å²) in [5.74, 6) is -0.780. The summed E-state index contributed by atoms with van der Waals surface area (Å²) >= 11 is 0. The largest absolute Gasteiger partial charge is 0.370 e. The number of benzene rings is 1. The summed E-state index contributed by atoms with van der Waals surface area (Å²) in [5.41, 5.74) is 3.06. The number of para-hydroxylation sites is 1. The van der Waals surface area contributed by atoms with Crippen LogP contribution in [-0.4, -0.2) is 71.8 Å². The molecule has 4 heterocycles. The van der Waals surface area contributed by atoms with Crippen LogP contribution in [0.25, 0.3) is 10.9 Å². The number of hydrogen-bond acceptors (Lipinski definition) is 6. The number of fused-ring (bicyclic) bond motifs is 1. The van der Waals surface area contributed by atoms with Gasteiger partial charge in [0, 0.05) is 64.2 Å². The van der Waals surface area contributed by atoms with Crippen molar-refractivity contribution in [3.05, 3.63) is 23.9 Å². The SMILES string of the molecule is Cn1nc(C2CCC(=O)NC2=O)c2cccc(N3CCC(N4CCNCC4)CC3)c21. The fraction of sp³-hybridized carbons (Fsp3) is 0.591. The molecule has 0 radical (unpaired) electrons. The van der Waals surface area contributed by atoms with Gasteiger partial charge in [-0.15, -0.1) is 0 Å². The average Bonchev–Trinajstić information content (AvgIpc) is 3.11. The smallest absolute Gasteiger partial charge is 0.235 e. The minimum Gasteiger partial charge on any atom is -0.370 e. The Morgan fingerprint density at radius 3 is 2.53 bits per heavy atom. The molecule has 3 fully saturated rings. The van der Waals surface area contributed by atoms with E-state index < -0.39 is 0 Å². The van der Waals surface area contributed by atoms with Gasteiger partial charge in [0.25, 0.3) is 0 Å². The molecule has 0 bridgehead atoms. The lowest BCUT2D eigenvalue weighted by Gasteiger charge is -2.41. The molecule has 5 rings (SSSR count). The second-order valence-electron chi connectivity index (χ2n) is 8.69. The van der Waals surface area contributed by atoms with Gasteiger partial charge in [-0.2, -0.15) is 5.10 Å². The molecule has 0 spiro atoms. The Balaban J connectivity index is 1.39. The Hall–Kier alpha value is -2.45. The second-order valence-corrected chi connectivity index (χ2v) is 8.69. The van der Waals surface area contributed by atoms with Gasteiger partial charge in [-0.05, 0) is 25.3 Å². The highest BCUT2D eigenvalue weighted by atomic mass is 16.2. The van der Waals surface area contributed by atoms with Gasteiger partial charge in [0.05, 0.1) is 22.8 Å². The Morgan fingerprint density at radius 2 is 1.80 bits per heavy atom. The predicted octanol–water partition coefficient (Wildman–Crippen LogP) is 0.968. The van der Waals surface area contributed by atoms with Crippen molar-refractivity contribution in [2.45, 2.75) is 37.6 Å². The van der Waals surface area contributed by atoms with E-state index in [0.29, 0.717) is 18.9 Å². The number of piperazine rings is 1. The molecule has 8 nitrogen and oxygen atoms in total. The number of imide groups is 1. The molecule has 160 valence electrons. The number of piperidine rings is 2. The van der Waals surface area contributed by atoms with E-state index in [4.69, 9.17) is 5.10 Å². The Morgan fingerprint density at radius 1 is 1.03 bits per heavy atom. The molecule has 1 unspecified atom stereocenters. The fourth-order valence-corrected chi connectivity index (χ4v) is 5.33. The van der Waals surface area contributed by atoms with E-state index >= 15 is 0 Å². The summed E-state index contributed by atoms with van der Waals surface area (Å²) in [5, 5.41) is 11.7. The van der Waals surface area contributed by atoms with Crippen molar-refractivity contribution in [3.8, 4) is 0 Å². The van der Waals surface area contributed by atoms with E-state index in [1.807, 2.05) is 11.7 Å². The molecule has 2 aromatic rings. The van der Waals surface area contributed by atoms with Gasteiger partial charge in [-0.25, -0.2) is 0 Å². The van der Waals surface area contributed by atoms with Crippen molar-refractivity contribution in [1.82, 2.24) is 25.3 Å². The number of rotatable bonds is 3. The number of hydrogen-bond donors (Lipinski definition) is 2. The molecule has 3 aliphatic rings. The second kappa shape index (κ2) is 8.00. The zero-order valence-electron chi connectivity index (χ0n) is 17.6. The van der Waals surface area contributed by atoms with Crippen LogP contribution in [0.15, 0.2) is 18.2 Å². The standard InChI is InChI=1S/C22H30N6O2/c1-26-21-16(20(25-26)17-5-6-19(29)24-22(17)30)3-2-4-18(21)28-11-7-15(8-12-28)27-13-9-23-10-14-27/h2-4,15,17,23H,5-14H2,1H3,(H,24,29,30). The molecule has 3 saturated heterocycles. The monoisotopic (exact) mass is 410 g/mol. The zero-order chi connectivity index (χ0) is 20.7. The molecule has 1 aromatic heterocycles. The van der Waals surface area contributed by atoms with Crippen LogP contribution in [0, 0.1) is 0 Å². The van der Waals surface area contributed by atoms with Crippen LogP contribution in [0.5, 0.6) is 0 Å². The number of aryl methyl sites for hydroxylation is 1. The number of nitrogens with zero attached hydrogens (tertiary/aromatic N) is 4. The zero-order valence-corrected chi connectivity index (χ0v) is 17.6. The molecular weight excluding hydrogens is 380 g/mol. The van der Waals surface area contributed by atoms with Crippen LogP contribution in [-0.2, 0) is 16.6 Å². The van der Waals surface area contributed by atoms with Crippen molar-refractivity contribution in [2.24, 2.45) is 7.05 Å². The highest BCUT2D eigenvalue weighted by Gasteiger charge is 2.33. The maximum atomic E-state index is 12.4. The molecule has 2 amide bonds. The van der Waals surface area contributed by atoms with Gasteiger partial charge in [-0.3, -0.25) is 24.5 Å². The molecule has 0 saturated carbocycles. The first-order valence-corrected chi connectivity index (χ1v) is 11.1. The van der Waals surface area contributed by atoms with Crippen LogP contribution in [0.3, 0.4) is 0 Å². The van der Waals surface area contributed by atoms with E-state index in [1.54, 1.807) is 0 Å². The van der Waals surface area contributed by atoms with Crippen LogP contribution in [0.2, 0.25) is 0 Å². The van der Waals surface area contributed by atoms with Gasteiger partial charge < -0.3 is 10.2 Å². The van der Waals surface area contributed by atoms with Crippen molar-refractivity contribution in [1.29, 1.82) is 0 Å². The molecule has 3 aliphatic heterocycles. The topological polar surface area (TPSA) is 82.5 Å². The molecule has 0 aliphatic carbocycles. The van der Waals surface area contributed by atoms with Gasteiger partial charge in [0.15, 0.2) is 0 Å². The summed E-state index contributed by atoms with van der Waals surface area (Å²) in [6, 6.07) is 6.96. The van der Waals surface area contributed by atoms with Gasteiger partial charge >= 0.3 is 0 Å². The third-order valence-electron chi connectivity index (χ3n) is 6.91. The van der Waals surface area contributed by atoms with E-state index in [1.165, 1.54) is 18.5 Å². The van der Waals surface area contributed by atoms with Crippen LogP contribution >= 0.6 is 0 Å². The first kappa shape index (κ1) is 19.5. The number of carbonyl (C=O) groups is 2. The summed E-state index contributed by atoms with van der Waals surface area (Å²) < 4.78 is 1.91. The Bertz CT molecular complexity index is 956. The van der Waals surface area contributed by atoms with Crippen LogP contribution in [0.1, 0.15) is 37.3 Å². The maximum absolute atomic E-state index is 12.4. The van der Waals surface area contributed by atoms with Gasteiger partial charge in [-0.1, -0.05) is 12.1 Å². The average molecular weight is 411 g/mol. The predicted molar refractivity (Wildman–Crippen MR) is 116 cm³/mol. The lowest BCUT2D eigenvalue weighted by Crippen LogP contribution is -2.52. The third-order valence-corrected chi connectivity index (χ3v) is 6.91. The van der Waals surface area contributed by atoms with E-state index in [-0.39, 0.29) is 17.7 Å². The molecule has 2 N–H and O–H groups in total. The molecule has 30 heavy (non-hydrogen) atoms. The lowest BCUT2D eigenvalue weighted by molar-refractivity contribution is -0.134. The molecule has 1 aromatic carbocycles. The highest BCUT2D eigenvalue weighted by Crippen LogP contribution is 2.35. The van der Waals surface area contributed by atoms with Crippen molar-refractivity contribution in [3.63, 3.8) is 0 Å². The Kier molecular flexibility index (Phi) is 5.20. The summed E-state index contributed by atoms with van der Waals surface area (Å²) in [4.78, 5) is 29.1.